The van der Waals surface area contributed by atoms with E-state index < -0.39 is 0 Å². The molecule has 1 aromatic carbocycles. The van der Waals surface area contributed by atoms with Gasteiger partial charge in [-0.15, -0.1) is 0 Å². The molecule has 4 heteroatoms. The van der Waals surface area contributed by atoms with Gasteiger partial charge in [-0.25, -0.2) is 0 Å². The first-order valence-electron chi connectivity index (χ1n) is 7.15. The zero-order valence-corrected chi connectivity index (χ0v) is 12.2. The quantitative estimate of drug-likeness (QED) is 0.898. The number of nitrogens with zero attached hydrogens (tertiary/aromatic N) is 3. The van der Waals surface area contributed by atoms with Crippen LogP contribution in [0.4, 0.5) is 0 Å². The lowest BCUT2D eigenvalue weighted by Gasteiger charge is -2.40. The number of pyridine rings is 1. The first-order valence-corrected chi connectivity index (χ1v) is 7.15. The lowest BCUT2D eigenvalue weighted by atomic mass is 9.95. The highest BCUT2D eigenvalue weighted by Crippen LogP contribution is 2.26. The van der Waals surface area contributed by atoms with Gasteiger partial charge in [0.25, 0.3) is 0 Å². The average molecular weight is 270 g/mol. The fourth-order valence-corrected chi connectivity index (χ4v) is 3.04. The first kappa shape index (κ1) is 13.5. The predicted octanol–water partition coefficient (Wildman–Crippen LogP) is 1.48. The van der Waals surface area contributed by atoms with Crippen LogP contribution in [-0.2, 0) is 0 Å². The Kier molecular flexibility index (Phi) is 3.70. The largest absolute Gasteiger partial charge is 0.323 e. The smallest absolute Gasteiger partial charge is 0.0750 e. The first-order chi connectivity index (χ1) is 9.66. The van der Waals surface area contributed by atoms with Gasteiger partial charge in [0.15, 0.2) is 0 Å². The Labute approximate surface area is 120 Å². The minimum absolute atomic E-state index is 0.0126. The molecule has 106 valence electrons. The number of rotatable bonds is 2. The number of nitrogens with two attached hydrogens (primary N) is 1. The fourth-order valence-electron chi connectivity index (χ4n) is 3.04. The van der Waals surface area contributed by atoms with Gasteiger partial charge in [-0.3, -0.25) is 9.88 Å². The maximum absolute atomic E-state index is 6.58. The van der Waals surface area contributed by atoms with Gasteiger partial charge in [0, 0.05) is 43.3 Å². The molecule has 0 saturated carbocycles. The van der Waals surface area contributed by atoms with Crippen LogP contribution in [-0.4, -0.2) is 54.6 Å². The fraction of sp³-hybridized carbons (Fsp3) is 0.438. The molecule has 2 atom stereocenters. The SMILES string of the molecule is CN1CCN(C)C(C(N)c2cccc3cccnc23)C1. The Hall–Kier alpha value is -1.49. The molecule has 1 aliphatic heterocycles. The van der Waals surface area contributed by atoms with E-state index >= 15 is 0 Å². The van der Waals surface area contributed by atoms with Crippen LogP contribution in [0.1, 0.15) is 11.6 Å². The Bertz CT molecular complexity index is 593. The number of likely N-dealkylation sites (N-methyl/N-ethyl adjacent to an activating group) is 2. The molecule has 0 aliphatic carbocycles. The van der Waals surface area contributed by atoms with Crippen LogP contribution in [0.3, 0.4) is 0 Å². The van der Waals surface area contributed by atoms with Gasteiger partial charge in [0.1, 0.15) is 0 Å². The van der Waals surface area contributed by atoms with Crippen molar-refractivity contribution in [3.05, 3.63) is 42.1 Å². The Morgan fingerprint density at radius 2 is 2.00 bits per heavy atom. The van der Waals surface area contributed by atoms with E-state index in [0.717, 1.165) is 36.1 Å². The van der Waals surface area contributed by atoms with E-state index in [1.165, 1.54) is 0 Å². The third-order valence-electron chi connectivity index (χ3n) is 4.34. The molecule has 2 N–H and O–H groups in total. The maximum atomic E-state index is 6.58. The summed E-state index contributed by atoms with van der Waals surface area (Å²) in [5, 5.41) is 1.16. The molecule has 2 heterocycles. The topological polar surface area (TPSA) is 45.4 Å². The van der Waals surface area contributed by atoms with Crippen molar-refractivity contribution in [2.24, 2.45) is 5.73 Å². The molecule has 1 aliphatic rings. The van der Waals surface area contributed by atoms with Crippen LogP contribution < -0.4 is 5.73 Å². The molecule has 2 aromatic rings. The van der Waals surface area contributed by atoms with Crippen molar-refractivity contribution >= 4 is 10.9 Å². The van der Waals surface area contributed by atoms with E-state index in [0.29, 0.717) is 6.04 Å². The number of benzene rings is 1. The highest BCUT2D eigenvalue weighted by Gasteiger charge is 2.29. The number of fused-ring (bicyclic) bond motifs is 1. The molecule has 1 fully saturated rings. The molecule has 0 amide bonds. The summed E-state index contributed by atoms with van der Waals surface area (Å²) in [7, 11) is 4.32. The number of para-hydroxylation sites is 1. The minimum Gasteiger partial charge on any atom is -0.323 e. The summed E-state index contributed by atoms with van der Waals surface area (Å²) in [6.07, 6.45) is 1.84. The number of piperazine rings is 1. The van der Waals surface area contributed by atoms with E-state index in [4.69, 9.17) is 5.73 Å². The third-order valence-corrected chi connectivity index (χ3v) is 4.34. The third kappa shape index (κ3) is 2.42. The second kappa shape index (κ2) is 5.48. The van der Waals surface area contributed by atoms with Gasteiger partial charge in [-0.05, 0) is 25.7 Å². The molecule has 3 rings (SSSR count). The number of aromatic nitrogens is 1. The van der Waals surface area contributed by atoms with Crippen LogP contribution in [0.5, 0.6) is 0 Å². The molecule has 1 saturated heterocycles. The summed E-state index contributed by atoms with van der Waals surface area (Å²) in [5.74, 6) is 0. The summed E-state index contributed by atoms with van der Waals surface area (Å²) < 4.78 is 0. The molecular formula is C16H22N4. The molecule has 1 aromatic heterocycles. The van der Waals surface area contributed by atoms with Crippen molar-refractivity contribution in [2.45, 2.75) is 12.1 Å². The zero-order valence-electron chi connectivity index (χ0n) is 12.2. The van der Waals surface area contributed by atoms with Crippen LogP contribution >= 0.6 is 0 Å². The highest BCUT2D eigenvalue weighted by atomic mass is 15.3. The van der Waals surface area contributed by atoms with Crippen LogP contribution in [0.25, 0.3) is 10.9 Å². The second-order valence-corrected chi connectivity index (χ2v) is 5.76. The molecule has 20 heavy (non-hydrogen) atoms. The Morgan fingerprint density at radius 3 is 2.85 bits per heavy atom. The summed E-state index contributed by atoms with van der Waals surface area (Å²) in [6, 6.07) is 10.7. The molecule has 0 bridgehead atoms. The van der Waals surface area contributed by atoms with Gasteiger partial charge < -0.3 is 10.6 Å². The van der Waals surface area contributed by atoms with E-state index in [1.807, 2.05) is 12.3 Å². The van der Waals surface area contributed by atoms with E-state index in [-0.39, 0.29) is 6.04 Å². The molecule has 4 nitrogen and oxygen atoms in total. The lowest BCUT2D eigenvalue weighted by Crippen LogP contribution is -2.54. The summed E-state index contributed by atoms with van der Waals surface area (Å²) in [4.78, 5) is 9.25. The lowest BCUT2D eigenvalue weighted by molar-refractivity contribution is 0.0977. The number of hydrogen-bond donors (Lipinski definition) is 1. The minimum atomic E-state index is -0.0126. The van der Waals surface area contributed by atoms with Crippen LogP contribution in [0.15, 0.2) is 36.5 Å². The predicted molar refractivity (Wildman–Crippen MR) is 82.6 cm³/mol. The van der Waals surface area contributed by atoms with E-state index in [2.05, 4.69) is 53.1 Å². The summed E-state index contributed by atoms with van der Waals surface area (Å²) in [6.45, 7) is 3.17. The van der Waals surface area contributed by atoms with Crippen molar-refractivity contribution in [1.29, 1.82) is 0 Å². The van der Waals surface area contributed by atoms with Gasteiger partial charge >= 0.3 is 0 Å². The zero-order chi connectivity index (χ0) is 14.1. The summed E-state index contributed by atoms with van der Waals surface area (Å²) >= 11 is 0. The van der Waals surface area contributed by atoms with E-state index in [9.17, 15) is 0 Å². The molecule has 0 spiro atoms. The molecule has 0 radical (unpaired) electrons. The van der Waals surface area contributed by atoms with Crippen molar-refractivity contribution in [2.75, 3.05) is 33.7 Å². The highest BCUT2D eigenvalue weighted by molar-refractivity contribution is 5.82. The Balaban J connectivity index is 1.97. The van der Waals surface area contributed by atoms with Crippen molar-refractivity contribution in [3.63, 3.8) is 0 Å². The number of hydrogen-bond acceptors (Lipinski definition) is 4. The van der Waals surface area contributed by atoms with Crippen LogP contribution in [0.2, 0.25) is 0 Å². The van der Waals surface area contributed by atoms with Gasteiger partial charge in [-0.1, -0.05) is 24.3 Å². The second-order valence-electron chi connectivity index (χ2n) is 5.76. The average Bonchev–Trinajstić information content (AvgIpc) is 2.48. The van der Waals surface area contributed by atoms with Gasteiger partial charge in [-0.2, -0.15) is 0 Å². The normalized spacial score (nSPS) is 23.1. The van der Waals surface area contributed by atoms with E-state index in [1.54, 1.807) is 0 Å². The van der Waals surface area contributed by atoms with Crippen LogP contribution in [0, 0.1) is 0 Å². The van der Waals surface area contributed by atoms with Crippen molar-refractivity contribution < 1.29 is 0 Å². The molecular weight excluding hydrogens is 248 g/mol. The standard InChI is InChI=1S/C16H22N4/c1-19-9-10-20(2)14(11-19)15(17)13-7-3-5-12-6-4-8-18-16(12)13/h3-8,14-15H,9-11,17H2,1-2H3. The molecule has 2 unspecified atom stereocenters. The van der Waals surface area contributed by atoms with Crippen molar-refractivity contribution in [1.82, 2.24) is 14.8 Å². The van der Waals surface area contributed by atoms with Gasteiger partial charge in [0.05, 0.1) is 5.52 Å². The maximum Gasteiger partial charge on any atom is 0.0750 e. The monoisotopic (exact) mass is 270 g/mol. The summed E-state index contributed by atoms with van der Waals surface area (Å²) in [5.41, 5.74) is 8.76. The van der Waals surface area contributed by atoms with Gasteiger partial charge in [0.2, 0.25) is 0 Å². The van der Waals surface area contributed by atoms with Crippen molar-refractivity contribution in [3.8, 4) is 0 Å². The Morgan fingerprint density at radius 1 is 1.20 bits per heavy atom.